The lowest BCUT2D eigenvalue weighted by Crippen LogP contribution is -2.03. The van der Waals surface area contributed by atoms with Gasteiger partial charge >= 0.3 is 5.97 Å². The fourth-order valence-electron chi connectivity index (χ4n) is 2.34. The summed E-state index contributed by atoms with van der Waals surface area (Å²) in [6.07, 6.45) is 0. The topological polar surface area (TPSA) is 51.5 Å². The molecule has 132 valence electrons. The summed E-state index contributed by atoms with van der Waals surface area (Å²) in [7, 11) is 0. The van der Waals surface area contributed by atoms with Crippen LogP contribution in [-0.2, 0) is 4.84 Å². The molecular weight excluding hydrogens is 368 g/mol. The number of thiazole rings is 1. The standard InChI is InChI=1S/C20H17ClN2O2S/c1-12-4-6-16(7-5-12)20(24)25-23-14(3)18-13(2)22-19(26-18)15-8-10-17(21)11-9-15/h4-11H,1-3H3. The number of carbonyl (C=O) groups excluding carboxylic acids is 1. The number of carbonyl (C=O) groups is 1. The highest BCUT2D eigenvalue weighted by Crippen LogP contribution is 2.29. The van der Waals surface area contributed by atoms with Gasteiger partial charge in [0.25, 0.3) is 0 Å². The van der Waals surface area contributed by atoms with E-state index < -0.39 is 5.97 Å². The molecular formula is C20H17ClN2O2S. The third kappa shape index (κ3) is 4.18. The van der Waals surface area contributed by atoms with Crippen LogP contribution in [0.5, 0.6) is 0 Å². The third-order valence-corrected chi connectivity index (χ3v) is 5.34. The quantitative estimate of drug-likeness (QED) is 0.331. The average molecular weight is 385 g/mol. The number of hydrogen-bond donors (Lipinski definition) is 0. The lowest BCUT2D eigenvalue weighted by Gasteiger charge is -2.00. The Balaban J connectivity index is 1.77. The molecule has 0 aliphatic heterocycles. The van der Waals surface area contributed by atoms with Crippen LogP contribution in [0.1, 0.15) is 33.4 Å². The molecule has 3 aromatic rings. The maximum Gasteiger partial charge on any atom is 0.365 e. The monoisotopic (exact) mass is 384 g/mol. The highest BCUT2D eigenvalue weighted by atomic mass is 35.5. The van der Waals surface area contributed by atoms with Crippen LogP contribution >= 0.6 is 22.9 Å². The van der Waals surface area contributed by atoms with Gasteiger partial charge in [0.05, 0.1) is 21.8 Å². The van der Waals surface area contributed by atoms with Gasteiger partial charge < -0.3 is 4.84 Å². The number of oxime groups is 1. The molecule has 0 spiro atoms. The van der Waals surface area contributed by atoms with Crippen molar-refractivity contribution in [2.24, 2.45) is 5.16 Å². The number of nitrogens with zero attached hydrogens (tertiary/aromatic N) is 2. The van der Waals surface area contributed by atoms with E-state index in [2.05, 4.69) is 10.1 Å². The molecule has 6 heteroatoms. The van der Waals surface area contributed by atoms with Gasteiger partial charge in [-0.1, -0.05) is 46.6 Å². The van der Waals surface area contributed by atoms with Crippen LogP contribution < -0.4 is 0 Å². The van der Waals surface area contributed by atoms with E-state index in [1.807, 2.05) is 50.2 Å². The molecule has 4 nitrogen and oxygen atoms in total. The molecule has 1 aromatic heterocycles. The molecule has 0 aliphatic rings. The highest BCUT2D eigenvalue weighted by Gasteiger charge is 2.13. The van der Waals surface area contributed by atoms with Crippen molar-refractivity contribution in [2.45, 2.75) is 20.8 Å². The second-order valence-corrected chi connectivity index (χ2v) is 7.30. The second-order valence-electron chi connectivity index (χ2n) is 5.86. The predicted molar refractivity (Wildman–Crippen MR) is 106 cm³/mol. The van der Waals surface area contributed by atoms with Crippen molar-refractivity contribution in [2.75, 3.05) is 0 Å². The fraction of sp³-hybridized carbons (Fsp3) is 0.150. The Bertz CT molecular complexity index is 960. The first-order chi connectivity index (χ1) is 12.4. The van der Waals surface area contributed by atoms with Crippen LogP contribution in [0, 0.1) is 13.8 Å². The molecule has 0 saturated carbocycles. The Kier molecular flexibility index (Phi) is 5.49. The van der Waals surface area contributed by atoms with Gasteiger partial charge in [0, 0.05) is 10.6 Å². The van der Waals surface area contributed by atoms with Crippen molar-refractivity contribution in [3.63, 3.8) is 0 Å². The van der Waals surface area contributed by atoms with E-state index >= 15 is 0 Å². The first-order valence-electron chi connectivity index (χ1n) is 8.00. The molecule has 2 aromatic carbocycles. The van der Waals surface area contributed by atoms with E-state index in [1.165, 1.54) is 11.3 Å². The third-order valence-electron chi connectivity index (χ3n) is 3.77. The smallest absolute Gasteiger partial charge is 0.313 e. The number of aryl methyl sites for hydroxylation is 2. The maximum absolute atomic E-state index is 12.1. The molecule has 0 radical (unpaired) electrons. The Morgan fingerprint density at radius 2 is 1.73 bits per heavy atom. The summed E-state index contributed by atoms with van der Waals surface area (Å²) >= 11 is 7.43. The van der Waals surface area contributed by atoms with Gasteiger partial charge in [-0.2, -0.15) is 0 Å². The van der Waals surface area contributed by atoms with Crippen molar-refractivity contribution in [3.05, 3.63) is 75.3 Å². The minimum atomic E-state index is -0.482. The fourth-order valence-corrected chi connectivity index (χ4v) is 3.48. The van der Waals surface area contributed by atoms with Crippen molar-refractivity contribution in [3.8, 4) is 10.6 Å². The van der Waals surface area contributed by atoms with Crippen LogP contribution in [-0.4, -0.2) is 16.7 Å². The molecule has 0 saturated heterocycles. The normalized spacial score (nSPS) is 11.5. The largest absolute Gasteiger partial charge is 0.365 e. The average Bonchev–Trinajstić information content (AvgIpc) is 3.02. The van der Waals surface area contributed by atoms with Gasteiger partial charge in [-0.3, -0.25) is 0 Å². The maximum atomic E-state index is 12.1. The van der Waals surface area contributed by atoms with Crippen molar-refractivity contribution >= 4 is 34.6 Å². The summed E-state index contributed by atoms with van der Waals surface area (Å²) < 4.78 is 0. The molecule has 0 N–H and O–H groups in total. The zero-order valence-corrected chi connectivity index (χ0v) is 16.2. The number of halogens is 1. The van der Waals surface area contributed by atoms with E-state index in [1.54, 1.807) is 19.1 Å². The molecule has 0 unspecified atom stereocenters. The molecule has 0 amide bonds. The van der Waals surface area contributed by atoms with Crippen molar-refractivity contribution in [1.29, 1.82) is 0 Å². The molecule has 0 aliphatic carbocycles. The number of aromatic nitrogens is 1. The Morgan fingerprint density at radius 1 is 1.08 bits per heavy atom. The first-order valence-corrected chi connectivity index (χ1v) is 9.20. The van der Waals surface area contributed by atoms with E-state index in [4.69, 9.17) is 16.4 Å². The Labute approximate surface area is 161 Å². The van der Waals surface area contributed by atoms with Gasteiger partial charge in [-0.25, -0.2) is 9.78 Å². The molecule has 1 heterocycles. The molecule has 26 heavy (non-hydrogen) atoms. The van der Waals surface area contributed by atoms with Crippen LogP contribution in [0.2, 0.25) is 5.02 Å². The van der Waals surface area contributed by atoms with Gasteiger partial charge in [-0.15, -0.1) is 11.3 Å². The van der Waals surface area contributed by atoms with E-state index in [9.17, 15) is 4.79 Å². The van der Waals surface area contributed by atoms with E-state index in [0.29, 0.717) is 16.3 Å². The van der Waals surface area contributed by atoms with Crippen molar-refractivity contribution in [1.82, 2.24) is 4.98 Å². The summed E-state index contributed by atoms with van der Waals surface area (Å²) in [6.45, 7) is 5.67. The lowest BCUT2D eigenvalue weighted by atomic mass is 10.2. The van der Waals surface area contributed by atoms with Crippen molar-refractivity contribution < 1.29 is 9.63 Å². The molecule has 0 atom stereocenters. The summed E-state index contributed by atoms with van der Waals surface area (Å²) in [5, 5.41) is 5.54. The molecule has 0 bridgehead atoms. The van der Waals surface area contributed by atoms with Crippen LogP contribution in [0.15, 0.2) is 53.7 Å². The predicted octanol–water partition coefficient (Wildman–Crippen LogP) is 5.66. The number of benzene rings is 2. The van der Waals surface area contributed by atoms with E-state index in [0.717, 1.165) is 26.7 Å². The Hall–Kier alpha value is -2.50. The summed E-state index contributed by atoms with van der Waals surface area (Å²) in [5.74, 6) is -0.482. The van der Waals surface area contributed by atoms with E-state index in [-0.39, 0.29) is 0 Å². The summed E-state index contributed by atoms with van der Waals surface area (Å²) in [5.41, 5.74) is 3.98. The van der Waals surface area contributed by atoms with Gasteiger partial charge in [0.2, 0.25) is 0 Å². The molecule has 0 fully saturated rings. The number of hydrogen-bond acceptors (Lipinski definition) is 5. The van der Waals surface area contributed by atoms with Crippen LogP contribution in [0.25, 0.3) is 10.6 Å². The Morgan fingerprint density at radius 3 is 2.38 bits per heavy atom. The highest BCUT2D eigenvalue weighted by molar-refractivity contribution is 7.17. The van der Waals surface area contributed by atoms with Gasteiger partial charge in [0.15, 0.2) is 0 Å². The van der Waals surface area contributed by atoms with Crippen LogP contribution in [0.3, 0.4) is 0 Å². The minimum Gasteiger partial charge on any atom is -0.313 e. The SMILES string of the molecule is CC(=NOC(=O)c1ccc(C)cc1)c1sc(-c2ccc(Cl)cc2)nc1C. The summed E-state index contributed by atoms with van der Waals surface area (Å²) in [4.78, 5) is 22.6. The second kappa shape index (κ2) is 7.81. The summed E-state index contributed by atoms with van der Waals surface area (Å²) in [6, 6.07) is 14.7. The first kappa shape index (κ1) is 18.3. The molecule has 3 rings (SSSR count). The lowest BCUT2D eigenvalue weighted by molar-refractivity contribution is 0.0516. The van der Waals surface area contributed by atoms with Crippen LogP contribution in [0.4, 0.5) is 0 Å². The minimum absolute atomic E-state index is 0.468. The number of rotatable bonds is 4. The van der Waals surface area contributed by atoms with Gasteiger partial charge in [0.1, 0.15) is 5.01 Å². The zero-order chi connectivity index (χ0) is 18.7. The zero-order valence-electron chi connectivity index (χ0n) is 14.6. The van der Waals surface area contributed by atoms with Gasteiger partial charge in [-0.05, 0) is 45.0 Å².